The van der Waals surface area contributed by atoms with Crippen LogP contribution in [0.25, 0.3) is 0 Å². The molecule has 2 aromatic carbocycles. The van der Waals surface area contributed by atoms with E-state index in [2.05, 4.69) is 31.4 Å². The number of phenols is 1. The second kappa shape index (κ2) is 7.01. The van der Waals surface area contributed by atoms with Crippen molar-refractivity contribution < 1.29 is 9.90 Å². The smallest absolute Gasteiger partial charge is 0.255 e. The summed E-state index contributed by atoms with van der Waals surface area (Å²) in [5.41, 5.74) is 4.48. The zero-order chi connectivity index (χ0) is 19.1. The summed E-state index contributed by atoms with van der Waals surface area (Å²) in [4.78, 5) is 12.7. The van der Waals surface area contributed by atoms with E-state index >= 15 is 0 Å². The maximum atomic E-state index is 12.7. The molecule has 3 N–H and O–H groups in total. The van der Waals surface area contributed by atoms with Crippen molar-refractivity contribution in [3.05, 3.63) is 58.7 Å². The molecule has 1 saturated heterocycles. The summed E-state index contributed by atoms with van der Waals surface area (Å²) in [6, 6.07) is 12.1. The van der Waals surface area contributed by atoms with Gasteiger partial charge in [-0.2, -0.15) is 0 Å². The molecule has 2 fully saturated rings. The van der Waals surface area contributed by atoms with Gasteiger partial charge in [0, 0.05) is 23.8 Å². The zero-order valence-electron chi connectivity index (χ0n) is 16.3. The normalized spacial score (nSPS) is 19.8. The molecule has 27 heavy (non-hydrogen) atoms. The van der Waals surface area contributed by atoms with Crippen LogP contribution in [0.5, 0.6) is 5.75 Å². The molecule has 1 amide bonds. The Balaban J connectivity index is 1.59. The first-order valence-corrected chi connectivity index (χ1v) is 9.95. The van der Waals surface area contributed by atoms with Crippen LogP contribution in [0.15, 0.2) is 36.4 Å². The summed E-state index contributed by atoms with van der Waals surface area (Å²) >= 11 is 0. The van der Waals surface area contributed by atoms with Crippen molar-refractivity contribution in [2.75, 3.05) is 11.9 Å². The van der Waals surface area contributed by atoms with Crippen molar-refractivity contribution in [2.24, 2.45) is 5.92 Å². The maximum absolute atomic E-state index is 12.7. The lowest BCUT2D eigenvalue weighted by molar-refractivity contribution is 0.102. The summed E-state index contributed by atoms with van der Waals surface area (Å²) in [5.74, 6) is 1.42. The van der Waals surface area contributed by atoms with Gasteiger partial charge in [-0.3, -0.25) is 4.79 Å². The fraction of sp³-hybridized carbons (Fsp3) is 0.435. The van der Waals surface area contributed by atoms with Gasteiger partial charge in [0.2, 0.25) is 0 Å². The molecule has 0 unspecified atom stereocenters. The summed E-state index contributed by atoms with van der Waals surface area (Å²) in [6.07, 6.45) is 2.44. The fourth-order valence-corrected chi connectivity index (χ4v) is 3.75. The summed E-state index contributed by atoms with van der Waals surface area (Å²) < 4.78 is 0. The number of nitrogens with one attached hydrogen (secondary N) is 2. The minimum absolute atomic E-state index is 0.115. The highest BCUT2D eigenvalue weighted by molar-refractivity contribution is 6.04. The van der Waals surface area contributed by atoms with Gasteiger partial charge in [-0.25, -0.2) is 0 Å². The minimum atomic E-state index is -0.115. The van der Waals surface area contributed by atoms with Crippen molar-refractivity contribution in [3.8, 4) is 5.75 Å². The largest absolute Gasteiger partial charge is 0.507 e. The Labute approximate surface area is 161 Å². The predicted molar refractivity (Wildman–Crippen MR) is 108 cm³/mol. The Kier molecular flexibility index (Phi) is 4.68. The number of aromatic hydroxyl groups is 1. The van der Waals surface area contributed by atoms with E-state index in [4.69, 9.17) is 0 Å². The van der Waals surface area contributed by atoms with E-state index in [1.807, 2.05) is 36.4 Å². The molecule has 1 heterocycles. The molecule has 4 heteroatoms. The lowest BCUT2D eigenvalue weighted by Crippen LogP contribution is -2.13. The van der Waals surface area contributed by atoms with Gasteiger partial charge in [0.25, 0.3) is 5.91 Å². The first-order chi connectivity index (χ1) is 12.9. The van der Waals surface area contributed by atoms with Crippen LogP contribution in [0, 0.1) is 5.92 Å². The Morgan fingerprint density at radius 2 is 1.74 bits per heavy atom. The quantitative estimate of drug-likeness (QED) is 0.503. The maximum Gasteiger partial charge on any atom is 0.255 e. The zero-order valence-corrected chi connectivity index (χ0v) is 16.3. The van der Waals surface area contributed by atoms with E-state index in [0.717, 1.165) is 23.4 Å². The Bertz CT molecular complexity index is 849. The van der Waals surface area contributed by atoms with Gasteiger partial charge in [0.05, 0.1) is 0 Å². The third-order valence-electron chi connectivity index (χ3n) is 5.85. The van der Waals surface area contributed by atoms with E-state index < -0.39 is 0 Å². The number of rotatable bonds is 6. The number of benzene rings is 2. The molecule has 0 radical (unpaired) electrons. The number of carbonyl (C=O) groups excluding carboxylic acids is 1. The van der Waals surface area contributed by atoms with Gasteiger partial charge >= 0.3 is 0 Å². The molecule has 0 bridgehead atoms. The monoisotopic (exact) mass is 364 g/mol. The van der Waals surface area contributed by atoms with Gasteiger partial charge in [0.1, 0.15) is 5.75 Å². The number of hydrogen-bond acceptors (Lipinski definition) is 3. The first-order valence-electron chi connectivity index (χ1n) is 9.95. The molecular formula is C23H28N2O2. The molecule has 2 atom stereocenters. The van der Waals surface area contributed by atoms with E-state index in [-0.39, 0.29) is 11.8 Å². The molecule has 4 nitrogen and oxygen atoms in total. The SMILES string of the molecule is CC(C)c1cc(NC(=O)c2ccc([C@H]3CN3)cc2)cc([C@H](C)C2CC2)c1O. The number of phenolic OH excluding ortho intramolecular Hbond substituents is 1. The first kappa shape index (κ1) is 18.1. The van der Waals surface area contributed by atoms with E-state index in [1.165, 1.54) is 18.4 Å². The van der Waals surface area contributed by atoms with E-state index in [1.54, 1.807) is 0 Å². The third kappa shape index (κ3) is 3.86. The molecular weight excluding hydrogens is 336 g/mol. The summed E-state index contributed by atoms with van der Waals surface area (Å²) in [7, 11) is 0. The predicted octanol–water partition coefficient (Wildman–Crippen LogP) is 4.93. The highest BCUT2D eigenvalue weighted by Crippen LogP contribution is 2.47. The second-order valence-electron chi connectivity index (χ2n) is 8.32. The van der Waals surface area contributed by atoms with Crippen LogP contribution in [0.1, 0.15) is 78.5 Å². The highest BCUT2D eigenvalue weighted by Gasteiger charge is 2.31. The fourth-order valence-electron chi connectivity index (χ4n) is 3.75. The molecule has 2 aromatic rings. The van der Waals surface area contributed by atoms with E-state index in [0.29, 0.717) is 29.2 Å². The van der Waals surface area contributed by atoms with Crippen molar-refractivity contribution in [2.45, 2.75) is 51.5 Å². The third-order valence-corrected chi connectivity index (χ3v) is 5.85. The lowest BCUT2D eigenvalue weighted by atomic mass is 9.89. The van der Waals surface area contributed by atoms with E-state index in [9.17, 15) is 9.90 Å². The summed E-state index contributed by atoms with van der Waals surface area (Å²) in [5, 5.41) is 17.1. The Hall–Kier alpha value is -2.33. The standard InChI is InChI=1S/C23H28N2O2/c1-13(2)19-10-18(11-20(22(19)26)14(3)15-4-5-15)25-23(27)17-8-6-16(7-9-17)21-12-24-21/h6-11,13-15,21,24,26H,4-5,12H2,1-3H3,(H,25,27)/t14-,21-/m1/s1. The van der Waals surface area contributed by atoms with Gasteiger partial charge in [-0.1, -0.05) is 32.9 Å². The van der Waals surface area contributed by atoms with Crippen molar-refractivity contribution >= 4 is 11.6 Å². The number of carbonyl (C=O) groups is 1. The molecule has 1 aliphatic heterocycles. The molecule has 4 rings (SSSR count). The van der Waals surface area contributed by atoms with Crippen molar-refractivity contribution in [1.29, 1.82) is 0 Å². The molecule has 0 aromatic heterocycles. The number of anilines is 1. The Morgan fingerprint density at radius 1 is 1.11 bits per heavy atom. The molecule has 1 aliphatic carbocycles. The number of amides is 1. The van der Waals surface area contributed by atoms with Crippen LogP contribution in [-0.4, -0.2) is 17.6 Å². The van der Waals surface area contributed by atoms with Gasteiger partial charge in [-0.15, -0.1) is 0 Å². The van der Waals surface area contributed by atoms with Gasteiger partial charge in [-0.05, 0) is 71.6 Å². The van der Waals surface area contributed by atoms with Gasteiger partial charge in [0.15, 0.2) is 0 Å². The molecule has 0 spiro atoms. The minimum Gasteiger partial charge on any atom is -0.507 e. The van der Waals surface area contributed by atoms with Crippen molar-refractivity contribution in [1.82, 2.24) is 5.32 Å². The van der Waals surface area contributed by atoms with Crippen LogP contribution < -0.4 is 10.6 Å². The van der Waals surface area contributed by atoms with Gasteiger partial charge < -0.3 is 15.7 Å². The topological polar surface area (TPSA) is 71.3 Å². The van der Waals surface area contributed by atoms with Crippen LogP contribution in [-0.2, 0) is 0 Å². The number of hydrogen-bond donors (Lipinski definition) is 3. The molecule has 142 valence electrons. The molecule has 2 aliphatic rings. The Morgan fingerprint density at radius 3 is 2.30 bits per heavy atom. The lowest BCUT2D eigenvalue weighted by Gasteiger charge is -2.20. The average molecular weight is 364 g/mol. The van der Waals surface area contributed by atoms with Crippen LogP contribution in [0.3, 0.4) is 0 Å². The average Bonchev–Trinajstić information content (AvgIpc) is 3.55. The van der Waals surface area contributed by atoms with Crippen molar-refractivity contribution in [3.63, 3.8) is 0 Å². The molecule has 1 saturated carbocycles. The second-order valence-corrected chi connectivity index (χ2v) is 8.32. The van der Waals surface area contributed by atoms with Crippen LogP contribution >= 0.6 is 0 Å². The highest BCUT2D eigenvalue weighted by atomic mass is 16.3. The summed E-state index contributed by atoms with van der Waals surface area (Å²) in [6.45, 7) is 7.32. The van der Waals surface area contributed by atoms with Crippen LogP contribution in [0.4, 0.5) is 5.69 Å². The van der Waals surface area contributed by atoms with Crippen LogP contribution in [0.2, 0.25) is 0 Å².